The van der Waals surface area contributed by atoms with Crippen molar-refractivity contribution in [2.45, 2.75) is 37.3 Å². The number of halogens is 6. The Kier molecular flexibility index (Phi) is 9.70. The van der Waals surface area contributed by atoms with Crippen LogP contribution >= 0.6 is 11.3 Å². The Balaban J connectivity index is 0.000000276. The van der Waals surface area contributed by atoms with Crippen LogP contribution in [-0.2, 0) is 21.7 Å². The van der Waals surface area contributed by atoms with Gasteiger partial charge in [0.05, 0.1) is 16.9 Å². The quantitative estimate of drug-likeness (QED) is 0.367. The number of fused-ring (bicyclic) bond motifs is 2. The van der Waals surface area contributed by atoms with Gasteiger partial charge in [-0.3, -0.25) is 14.7 Å². The van der Waals surface area contributed by atoms with E-state index in [1.165, 1.54) is 11.3 Å². The van der Waals surface area contributed by atoms with Gasteiger partial charge in [0.1, 0.15) is 9.88 Å². The maximum absolute atomic E-state index is 12.6. The molecule has 2 aliphatic rings. The Morgan fingerprint density at radius 3 is 1.95 bits per heavy atom. The number of carboxylic acid groups (broad SMARTS) is 2. The van der Waals surface area contributed by atoms with Crippen molar-refractivity contribution in [1.82, 2.24) is 20.2 Å². The van der Waals surface area contributed by atoms with E-state index in [9.17, 15) is 31.1 Å². The number of piperidine rings is 1. The third-order valence-corrected chi connectivity index (χ3v) is 7.07. The van der Waals surface area contributed by atoms with E-state index in [1.807, 2.05) is 48.7 Å². The summed E-state index contributed by atoms with van der Waals surface area (Å²) in [5.41, 5.74) is 2.81. The summed E-state index contributed by atoms with van der Waals surface area (Å²) in [6.07, 6.45) is -6.56. The first kappa shape index (κ1) is 31.5. The van der Waals surface area contributed by atoms with Crippen molar-refractivity contribution in [1.29, 1.82) is 0 Å². The molecule has 1 saturated heterocycles. The summed E-state index contributed by atoms with van der Waals surface area (Å²) in [5.74, 6) is -5.48. The third kappa shape index (κ3) is 8.23. The monoisotopic (exact) mass is 604 g/mol. The van der Waals surface area contributed by atoms with E-state index in [0.717, 1.165) is 59.3 Å². The molecular formula is C25H22F6N4O5S. The van der Waals surface area contributed by atoms with Crippen molar-refractivity contribution in [3.63, 3.8) is 0 Å². The summed E-state index contributed by atoms with van der Waals surface area (Å²) in [4.78, 5) is 42.9. The molecule has 0 saturated carbocycles. The highest BCUT2D eigenvalue weighted by molar-refractivity contribution is 7.17. The first-order valence-corrected chi connectivity index (χ1v) is 12.6. The standard InChI is InChI=1S/C21H20N4OS.2C2HF3O2/c26-19-17-18(23-20(27-17)15-6-2-1-3-7-15)21(24-19)9-12-25(13-10-21)14-16-8-4-5-11-22-16;2*3-2(4,5)1(6)7/h1-8,11H,9-10,12-14H2,(H,24,26);2*(H,6,7). The van der Waals surface area contributed by atoms with Crippen LogP contribution in [0.3, 0.4) is 0 Å². The zero-order valence-electron chi connectivity index (χ0n) is 20.9. The van der Waals surface area contributed by atoms with Gasteiger partial charge in [-0.2, -0.15) is 26.3 Å². The van der Waals surface area contributed by atoms with E-state index in [0.29, 0.717) is 0 Å². The molecule has 0 radical (unpaired) electrons. The fourth-order valence-electron chi connectivity index (χ4n) is 4.01. The van der Waals surface area contributed by atoms with E-state index in [-0.39, 0.29) is 11.4 Å². The molecule has 9 nitrogen and oxygen atoms in total. The largest absolute Gasteiger partial charge is 0.490 e. The lowest BCUT2D eigenvalue weighted by atomic mass is 9.86. The summed E-state index contributed by atoms with van der Waals surface area (Å²) >= 11 is 1.51. The molecule has 3 N–H and O–H groups in total. The minimum atomic E-state index is -5.08. The highest BCUT2D eigenvalue weighted by Gasteiger charge is 2.48. The van der Waals surface area contributed by atoms with Crippen molar-refractivity contribution in [3.05, 3.63) is 71.0 Å². The zero-order valence-corrected chi connectivity index (χ0v) is 21.7. The number of benzene rings is 1. The number of aliphatic carboxylic acids is 2. The fourth-order valence-corrected chi connectivity index (χ4v) is 5.08. The third-order valence-electron chi connectivity index (χ3n) is 5.97. The van der Waals surface area contributed by atoms with Crippen LogP contribution in [-0.4, -0.2) is 68.4 Å². The Morgan fingerprint density at radius 1 is 0.927 bits per heavy atom. The van der Waals surface area contributed by atoms with Crippen molar-refractivity contribution >= 4 is 29.2 Å². The first-order chi connectivity index (χ1) is 19.1. The molecular weight excluding hydrogens is 582 g/mol. The molecule has 4 heterocycles. The molecule has 2 aliphatic heterocycles. The normalized spacial score (nSPS) is 16.0. The number of carbonyl (C=O) groups excluding carboxylic acids is 1. The molecule has 1 aromatic carbocycles. The van der Waals surface area contributed by atoms with E-state index in [4.69, 9.17) is 24.8 Å². The minimum Gasteiger partial charge on any atom is -0.475 e. The van der Waals surface area contributed by atoms with Gasteiger partial charge in [0.15, 0.2) is 0 Å². The molecule has 1 spiro atoms. The smallest absolute Gasteiger partial charge is 0.475 e. The topological polar surface area (TPSA) is 133 Å². The summed E-state index contributed by atoms with van der Waals surface area (Å²) in [5, 5.41) is 18.4. The van der Waals surface area contributed by atoms with Gasteiger partial charge < -0.3 is 15.5 Å². The summed E-state index contributed by atoms with van der Waals surface area (Å²) in [7, 11) is 0. The lowest BCUT2D eigenvalue weighted by Gasteiger charge is -2.38. The molecule has 220 valence electrons. The van der Waals surface area contributed by atoms with E-state index < -0.39 is 24.3 Å². The van der Waals surface area contributed by atoms with E-state index in [1.54, 1.807) is 0 Å². The number of hydrogen-bond acceptors (Lipinski definition) is 7. The highest BCUT2D eigenvalue weighted by atomic mass is 32.1. The SMILES string of the molecule is O=C(O)C(F)(F)F.O=C(O)C(F)(F)F.O=C1NC2(CCN(Cc3ccccn3)CC2)c2nc(-c3ccccc3)sc21. The Hall–Kier alpha value is -4.05. The van der Waals surface area contributed by atoms with Crippen LogP contribution in [0.5, 0.6) is 0 Å². The lowest BCUT2D eigenvalue weighted by Crippen LogP contribution is -2.49. The van der Waals surface area contributed by atoms with E-state index >= 15 is 0 Å². The van der Waals surface area contributed by atoms with Gasteiger partial charge in [-0.05, 0) is 25.0 Å². The van der Waals surface area contributed by atoms with Gasteiger partial charge in [0.25, 0.3) is 5.91 Å². The molecule has 1 fully saturated rings. The number of alkyl halides is 6. The summed E-state index contributed by atoms with van der Waals surface area (Å²) < 4.78 is 63.5. The van der Waals surface area contributed by atoms with Crippen LogP contribution < -0.4 is 5.32 Å². The minimum absolute atomic E-state index is 0.0304. The molecule has 0 unspecified atom stereocenters. The zero-order chi connectivity index (χ0) is 30.4. The van der Waals surface area contributed by atoms with Crippen molar-refractivity contribution in [2.75, 3.05) is 13.1 Å². The van der Waals surface area contributed by atoms with Crippen LogP contribution in [0.25, 0.3) is 10.6 Å². The average Bonchev–Trinajstić information content (AvgIpc) is 3.46. The van der Waals surface area contributed by atoms with Crippen LogP contribution in [0.1, 0.15) is 33.9 Å². The number of thiazole rings is 1. The van der Waals surface area contributed by atoms with E-state index in [2.05, 4.69) is 21.3 Å². The number of amides is 1. The Bertz CT molecular complexity index is 1330. The van der Waals surface area contributed by atoms with Gasteiger partial charge in [0, 0.05) is 31.4 Å². The molecule has 3 aromatic rings. The van der Waals surface area contributed by atoms with Crippen LogP contribution in [0, 0.1) is 0 Å². The van der Waals surface area contributed by atoms with Crippen LogP contribution in [0.15, 0.2) is 54.7 Å². The van der Waals surface area contributed by atoms with Crippen LogP contribution in [0.2, 0.25) is 0 Å². The number of carboxylic acids is 2. The Labute approximate surface area is 232 Å². The van der Waals surface area contributed by atoms with Gasteiger partial charge in [0.2, 0.25) is 0 Å². The molecule has 5 rings (SSSR count). The number of aromatic nitrogens is 2. The molecule has 1 amide bonds. The first-order valence-electron chi connectivity index (χ1n) is 11.7. The maximum atomic E-state index is 12.6. The lowest BCUT2D eigenvalue weighted by molar-refractivity contribution is -0.193. The van der Waals surface area contributed by atoms with Crippen molar-refractivity contribution in [2.24, 2.45) is 0 Å². The van der Waals surface area contributed by atoms with Gasteiger partial charge >= 0.3 is 24.3 Å². The van der Waals surface area contributed by atoms with Crippen molar-refractivity contribution in [3.8, 4) is 10.6 Å². The molecule has 16 heteroatoms. The maximum Gasteiger partial charge on any atom is 0.490 e. The molecule has 0 atom stereocenters. The second-order valence-electron chi connectivity index (χ2n) is 8.80. The molecule has 0 bridgehead atoms. The van der Waals surface area contributed by atoms with Gasteiger partial charge in [-0.1, -0.05) is 36.4 Å². The highest BCUT2D eigenvalue weighted by Crippen LogP contribution is 2.43. The van der Waals surface area contributed by atoms with Crippen LogP contribution in [0.4, 0.5) is 26.3 Å². The predicted octanol–water partition coefficient (Wildman–Crippen LogP) is 4.71. The predicted molar refractivity (Wildman–Crippen MR) is 133 cm³/mol. The number of rotatable bonds is 3. The van der Waals surface area contributed by atoms with Gasteiger partial charge in [-0.25, -0.2) is 14.6 Å². The van der Waals surface area contributed by atoms with Gasteiger partial charge in [-0.15, -0.1) is 11.3 Å². The Morgan fingerprint density at radius 2 is 1.46 bits per heavy atom. The number of carbonyl (C=O) groups is 3. The molecule has 41 heavy (non-hydrogen) atoms. The number of hydrogen-bond donors (Lipinski definition) is 3. The summed E-state index contributed by atoms with van der Waals surface area (Å²) in [6.45, 7) is 2.70. The number of likely N-dealkylation sites (tertiary alicyclic amines) is 1. The number of nitrogens with zero attached hydrogens (tertiary/aromatic N) is 3. The number of nitrogens with one attached hydrogen (secondary N) is 1. The van der Waals surface area contributed by atoms with Crippen molar-refractivity contribution < 1.29 is 50.9 Å². The number of pyridine rings is 1. The molecule has 2 aromatic heterocycles. The second kappa shape index (κ2) is 12.6. The summed E-state index contributed by atoms with van der Waals surface area (Å²) in [6, 6.07) is 16.1. The average molecular weight is 605 g/mol. The molecule has 0 aliphatic carbocycles. The second-order valence-corrected chi connectivity index (χ2v) is 9.80. The fraction of sp³-hybridized carbons (Fsp3) is 0.320.